The first-order chi connectivity index (χ1) is 13.2. The summed E-state index contributed by atoms with van der Waals surface area (Å²) in [5.74, 6) is 0.465. The van der Waals surface area contributed by atoms with Gasteiger partial charge in [0.1, 0.15) is 5.75 Å². The molecule has 7 nitrogen and oxygen atoms in total. The third-order valence-electron chi connectivity index (χ3n) is 3.89. The van der Waals surface area contributed by atoms with E-state index in [9.17, 15) is 9.59 Å². The van der Waals surface area contributed by atoms with Gasteiger partial charge in [-0.15, -0.1) is 0 Å². The van der Waals surface area contributed by atoms with Gasteiger partial charge in [-0.25, -0.2) is 4.79 Å². The second kappa shape index (κ2) is 8.10. The summed E-state index contributed by atoms with van der Waals surface area (Å²) in [6, 6.07) is 11.2. The van der Waals surface area contributed by atoms with E-state index in [-0.39, 0.29) is 23.7 Å². The van der Waals surface area contributed by atoms with Crippen LogP contribution >= 0.6 is 15.9 Å². The topological polar surface area (TPSA) is 99.0 Å². The first-order valence-corrected chi connectivity index (χ1v) is 9.67. The number of imidazole rings is 1. The lowest BCUT2D eigenvalue weighted by atomic mass is 10.1. The van der Waals surface area contributed by atoms with Crippen molar-refractivity contribution in [1.29, 1.82) is 0 Å². The van der Waals surface area contributed by atoms with Gasteiger partial charge in [0.2, 0.25) is 0 Å². The van der Waals surface area contributed by atoms with E-state index in [0.717, 1.165) is 26.8 Å². The van der Waals surface area contributed by atoms with E-state index in [1.165, 1.54) is 0 Å². The van der Waals surface area contributed by atoms with Crippen LogP contribution in [0.4, 0.5) is 5.69 Å². The number of benzene rings is 2. The van der Waals surface area contributed by atoms with Crippen molar-refractivity contribution in [3.8, 4) is 5.75 Å². The lowest BCUT2D eigenvalue weighted by molar-refractivity contribution is -0.124. The molecule has 148 valence electrons. The Labute approximate surface area is 171 Å². The first kappa shape index (κ1) is 20.0. The quantitative estimate of drug-likeness (QED) is 0.465. The maximum atomic E-state index is 12.0. The molecule has 0 bridgehead atoms. The number of aromatic amines is 2. The van der Waals surface area contributed by atoms with E-state index >= 15 is 0 Å². The molecule has 1 heterocycles. The van der Waals surface area contributed by atoms with Crippen LogP contribution in [-0.2, 0) is 11.3 Å². The van der Waals surface area contributed by atoms with E-state index in [2.05, 4.69) is 36.5 Å². The van der Waals surface area contributed by atoms with Crippen molar-refractivity contribution < 1.29 is 9.53 Å². The highest BCUT2D eigenvalue weighted by Crippen LogP contribution is 2.25. The second-order valence-corrected chi connectivity index (χ2v) is 8.45. The van der Waals surface area contributed by atoms with Gasteiger partial charge in [0.15, 0.2) is 6.61 Å². The highest BCUT2D eigenvalue weighted by atomic mass is 79.9. The Morgan fingerprint density at radius 2 is 1.86 bits per heavy atom. The Balaban J connectivity index is 1.69. The zero-order valence-electron chi connectivity index (χ0n) is 16.0. The van der Waals surface area contributed by atoms with Crippen LogP contribution in [0, 0.1) is 0 Å². The van der Waals surface area contributed by atoms with E-state index in [0.29, 0.717) is 12.3 Å². The van der Waals surface area contributed by atoms with Crippen LogP contribution in [-0.4, -0.2) is 28.0 Å². The predicted molar refractivity (Wildman–Crippen MR) is 114 cm³/mol. The van der Waals surface area contributed by atoms with Gasteiger partial charge in [-0.05, 0) is 57.2 Å². The molecule has 1 amide bonds. The van der Waals surface area contributed by atoms with Crippen LogP contribution in [0.15, 0.2) is 45.7 Å². The summed E-state index contributed by atoms with van der Waals surface area (Å²) in [4.78, 5) is 28.9. The minimum atomic E-state index is -0.303. The van der Waals surface area contributed by atoms with Crippen molar-refractivity contribution in [2.75, 3.05) is 11.9 Å². The van der Waals surface area contributed by atoms with Crippen LogP contribution in [0.3, 0.4) is 0 Å². The minimum Gasteiger partial charge on any atom is -0.483 e. The fourth-order valence-electron chi connectivity index (χ4n) is 2.76. The van der Waals surface area contributed by atoms with Crippen molar-refractivity contribution in [3.63, 3.8) is 0 Å². The summed E-state index contributed by atoms with van der Waals surface area (Å²) >= 11 is 3.47. The lowest BCUT2D eigenvalue weighted by Gasteiger charge is -2.21. The molecule has 0 aliphatic carbocycles. The molecule has 28 heavy (non-hydrogen) atoms. The predicted octanol–water partition coefficient (Wildman–Crippen LogP) is 3.52. The number of aromatic nitrogens is 2. The molecule has 0 atom stereocenters. The summed E-state index contributed by atoms with van der Waals surface area (Å²) in [6.45, 7) is 6.22. The van der Waals surface area contributed by atoms with Crippen molar-refractivity contribution >= 4 is 38.6 Å². The van der Waals surface area contributed by atoms with Crippen LogP contribution in [0.25, 0.3) is 11.0 Å². The highest BCUT2D eigenvalue weighted by Gasteiger charge is 2.15. The number of carbonyl (C=O) groups excluding carboxylic acids is 1. The fraction of sp³-hybridized carbons (Fsp3) is 0.300. The molecule has 0 aliphatic heterocycles. The molecule has 3 rings (SSSR count). The second-order valence-electron chi connectivity index (χ2n) is 7.53. The van der Waals surface area contributed by atoms with E-state index < -0.39 is 0 Å². The number of amides is 1. The highest BCUT2D eigenvalue weighted by molar-refractivity contribution is 9.10. The zero-order chi connectivity index (χ0) is 20.3. The summed E-state index contributed by atoms with van der Waals surface area (Å²) in [7, 11) is 0. The Morgan fingerprint density at radius 3 is 2.61 bits per heavy atom. The van der Waals surface area contributed by atoms with Crippen LogP contribution in [0.2, 0.25) is 0 Å². The normalized spacial score (nSPS) is 11.4. The van der Waals surface area contributed by atoms with Crippen LogP contribution in [0.1, 0.15) is 26.3 Å². The van der Waals surface area contributed by atoms with Gasteiger partial charge < -0.3 is 25.3 Å². The Hall–Kier alpha value is -2.74. The number of carbonyl (C=O) groups is 1. The SMILES string of the molecule is CC(C)(C)NC(=O)COc1ccc(Br)cc1CNc1ccc2[nH]c(=O)[nH]c2c1. The van der Waals surface area contributed by atoms with Gasteiger partial charge >= 0.3 is 5.69 Å². The average Bonchev–Trinajstić information content (AvgIpc) is 2.96. The van der Waals surface area contributed by atoms with Gasteiger partial charge in [0.05, 0.1) is 11.0 Å². The number of hydrogen-bond acceptors (Lipinski definition) is 4. The summed E-state index contributed by atoms with van der Waals surface area (Å²) in [5, 5.41) is 6.19. The first-order valence-electron chi connectivity index (χ1n) is 8.88. The van der Waals surface area contributed by atoms with Crippen molar-refractivity contribution in [3.05, 3.63) is 56.9 Å². The average molecular weight is 447 g/mol. The lowest BCUT2D eigenvalue weighted by Crippen LogP contribution is -2.43. The van der Waals surface area contributed by atoms with Crippen molar-refractivity contribution in [2.24, 2.45) is 0 Å². The molecule has 8 heteroatoms. The van der Waals surface area contributed by atoms with Gasteiger partial charge in [-0.1, -0.05) is 15.9 Å². The van der Waals surface area contributed by atoms with E-state index in [4.69, 9.17) is 4.74 Å². The molecule has 2 aromatic carbocycles. The number of ether oxygens (including phenoxy) is 1. The molecular weight excluding hydrogens is 424 g/mol. The smallest absolute Gasteiger partial charge is 0.323 e. The summed E-state index contributed by atoms with van der Waals surface area (Å²) in [5.41, 5.74) is 2.72. The minimum absolute atomic E-state index is 0.0531. The number of hydrogen-bond donors (Lipinski definition) is 4. The number of anilines is 1. The number of fused-ring (bicyclic) bond motifs is 1. The zero-order valence-corrected chi connectivity index (χ0v) is 17.6. The molecule has 3 aromatic rings. The van der Waals surface area contributed by atoms with Gasteiger partial charge in [0, 0.05) is 27.8 Å². The molecule has 0 spiro atoms. The van der Waals surface area contributed by atoms with Crippen molar-refractivity contribution in [2.45, 2.75) is 32.9 Å². The monoisotopic (exact) mass is 446 g/mol. The maximum absolute atomic E-state index is 12.0. The molecule has 0 saturated heterocycles. The molecule has 0 fully saturated rings. The van der Waals surface area contributed by atoms with Gasteiger partial charge in [0.25, 0.3) is 5.91 Å². The number of H-pyrrole nitrogens is 2. The molecule has 0 saturated carbocycles. The van der Waals surface area contributed by atoms with Crippen molar-refractivity contribution in [1.82, 2.24) is 15.3 Å². The number of halogens is 1. The largest absolute Gasteiger partial charge is 0.483 e. The third kappa shape index (κ3) is 5.39. The molecule has 1 aromatic heterocycles. The molecular formula is C20H23BrN4O3. The number of rotatable bonds is 6. The fourth-order valence-corrected chi connectivity index (χ4v) is 3.17. The maximum Gasteiger partial charge on any atom is 0.323 e. The van der Waals surface area contributed by atoms with E-state index in [1.807, 2.05) is 57.2 Å². The Morgan fingerprint density at radius 1 is 1.11 bits per heavy atom. The standard InChI is InChI=1S/C20H23BrN4O3/c1-20(2,3)25-18(26)11-28-17-7-4-13(21)8-12(17)10-22-14-5-6-15-16(9-14)24-19(27)23-15/h4-9,22H,10-11H2,1-3H3,(H,25,26)(H2,23,24,27). The molecule has 0 radical (unpaired) electrons. The molecule has 0 aliphatic rings. The molecule has 0 unspecified atom stereocenters. The van der Waals surface area contributed by atoms with E-state index in [1.54, 1.807) is 0 Å². The third-order valence-corrected chi connectivity index (χ3v) is 4.39. The molecule has 4 N–H and O–H groups in total. The van der Waals surface area contributed by atoms with Crippen LogP contribution in [0.5, 0.6) is 5.75 Å². The number of nitrogens with one attached hydrogen (secondary N) is 4. The summed E-state index contributed by atoms with van der Waals surface area (Å²) < 4.78 is 6.65. The summed E-state index contributed by atoms with van der Waals surface area (Å²) in [6.07, 6.45) is 0. The van der Waals surface area contributed by atoms with Gasteiger partial charge in [-0.3, -0.25) is 4.79 Å². The Kier molecular flexibility index (Phi) is 5.79. The van der Waals surface area contributed by atoms with Crippen LogP contribution < -0.4 is 21.1 Å². The van der Waals surface area contributed by atoms with Gasteiger partial charge in [-0.2, -0.15) is 0 Å². The Bertz CT molecular complexity index is 1050.